The summed E-state index contributed by atoms with van der Waals surface area (Å²) in [7, 11) is 1.25. The number of nitrogens with zero attached hydrogens (tertiary/aromatic N) is 3. The van der Waals surface area contributed by atoms with E-state index < -0.39 is 23.7 Å². The van der Waals surface area contributed by atoms with E-state index in [0.717, 1.165) is 17.8 Å². The second-order valence-corrected chi connectivity index (χ2v) is 9.27. The van der Waals surface area contributed by atoms with Crippen LogP contribution in [0.5, 0.6) is 11.5 Å². The molecule has 1 fully saturated rings. The summed E-state index contributed by atoms with van der Waals surface area (Å²) in [5.41, 5.74) is 1.03. The third-order valence-corrected chi connectivity index (χ3v) is 6.94. The Balaban J connectivity index is 1.93. The Morgan fingerprint density at radius 2 is 1.84 bits per heavy atom. The highest BCUT2D eigenvalue weighted by Gasteiger charge is 2.48. The maximum atomic E-state index is 13.4. The number of aliphatic hydroxyl groups excluding tert-OH is 1. The van der Waals surface area contributed by atoms with Gasteiger partial charge >= 0.3 is 11.9 Å². The van der Waals surface area contributed by atoms with Crippen LogP contribution in [0, 0.1) is 6.92 Å². The summed E-state index contributed by atoms with van der Waals surface area (Å²) in [4.78, 5) is 48.8. The Labute approximate surface area is 223 Å². The number of esters is 1. The van der Waals surface area contributed by atoms with Crippen LogP contribution < -0.4 is 14.4 Å². The van der Waals surface area contributed by atoms with E-state index in [0.29, 0.717) is 41.5 Å². The fourth-order valence-corrected chi connectivity index (χ4v) is 5.08. The largest absolute Gasteiger partial charge is 0.507 e. The molecule has 1 saturated heterocycles. The predicted octanol–water partition coefficient (Wildman–Crippen LogP) is 4.45. The zero-order chi connectivity index (χ0) is 27.4. The molecule has 1 aliphatic heterocycles. The van der Waals surface area contributed by atoms with Gasteiger partial charge in [0.15, 0.2) is 16.6 Å². The normalized spacial score (nSPS) is 16.5. The average molecular weight is 538 g/mol. The minimum atomic E-state index is -1.06. The number of thiazole rings is 1. The number of amides is 1. The number of ketones is 1. The summed E-state index contributed by atoms with van der Waals surface area (Å²) < 4.78 is 16.4. The quantitative estimate of drug-likeness (QED) is 0.182. The van der Waals surface area contributed by atoms with Crippen LogP contribution in [0.4, 0.5) is 5.13 Å². The zero-order valence-electron chi connectivity index (χ0n) is 21.4. The lowest BCUT2D eigenvalue weighted by Crippen LogP contribution is -2.29. The molecule has 0 bridgehead atoms. The molecule has 38 heavy (non-hydrogen) atoms. The number of aromatic nitrogens is 2. The fraction of sp³-hybridized carbons (Fsp3) is 0.296. The number of ether oxygens (including phenoxy) is 3. The molecule has 0 aliphatic carbocycles. The number of pyridine rings is 1. The van der Waals surface area contributed by atoms with Gasteiger partial charge in [0, 0.05) is 18.0 Å². The summed E-state index contributed by atoms with van der Waals surface area (Å²) in [6, 6.07) is 7.11. The minimum absolute atomic E-state index is 0.119. The molecule has 4 rings (SSSR count). The zero-order valence-corrected chi connectivity index (χ0v) is 22.2. The molecule has 2 aromatic heterocycles. The molecule has 1 unspecified atom stereocenters. The Morgan fingerprint density at radius 3 is 2.50 bits per heavy atom. The van der Waals surface area contributed by atoms with Crippen LogP contribution in [-0.4, -0.2) is 53.1 Å². The Morgan fingerprint density at radius 1 is 1.11 bits per heavy atom. The van der Waals surface area contributed by atoms with Crippen LogP contribution in [-0.2, 0) is 14.3 Å². The van der Waals surface area contributed by atoms with Gasteiger partial charge in [-0.2, -0.15) is 0 Å². The molecule has 1 aliphatic rings. The Bertz CT molecular complexity index is 1400. The number of aliphatic hydroxyl groups is 1. The number of anilines is 1. The molecule has 1 N–H and O–H groups in total. The maximum Gasteiger partial charge on any atom is 0.350 e. The number of aryl methyl sites for hydroxylation is 1. The molecule has 0 saturated carbocycles. The highest BCUT2D eigenvalue weighted by molar-refractivity contribution is 7.17. The summed E-state index contributed by atoms with van der Waals surface area (Å²) in [5, 5.41) is 11.4. The summed E-state index contributed by atoms with van der Waals surface area (Å²) >= 11 is 0.929. The van der Waals surface area contributed by atoms with Crippen molar-refractivity contribution in [2.75, 3.05) is 25.2 Å². The molecule has 0 radical (unpaired) electrons. The van der Waals surface area contributed by atoms with Crippen LogP contribution in [0.25, 0.3) is 5.76 Å². The topological polar surface area (TPSA) is 128 Å². The molecule has 1 atom stereocenters. The monoisotopic (exact) mass is 537 g/mol. The molecule has 3 aromatic rings. The first-order valence-electron chi connectivity index (χ1n) is 12.0. The van der Waals surface area contributed by atoms with Crippen LogP contribution in [0.15, 0.2) is 48.3 Å². The number of hydrogen-bond acceptors (Lipinski definition) is 10. The number of carbonyl (C=O) groups excluding carboxylic acids is 3. The van der Waals surface area contributed by atoms with E-state index in [4.69, 9.17) is 14.2 Å². The lowest BCUT2D eigenvalue weighted by Gasteiger charge is -2.24. The van der Waals surface area contributed by atoms with Crippen LogP contribution in [0.2, 0.25) is 0 Å². The van der Waals surface area contributed by atoms with Crippen molar-refractivity contribution in [3.8, 4) is 11.5 Å². The summed E-state index contributed by atoms with van der Waals surface area (Å²) in [6.07, 6.45) is 3.74. The number of rotatable bonds is 9. The van der Waals surface area contributed by atoms with Gasteiger partial charge in [-0.05, 0) is 50.1 Å². The van der Waals surface area contributed by atoms with Gasteiger partial charge in [-0.15, -0.1) is 0 Å². The summed E-state index contributed by atoms with van der Waals surface area (Å²) in [6.45, 7) is 6.27. The molecule has 11 heteroatoms. The first-order chi connectivity index (χ1) is 18.3. The van der Waals surface area contributed by atoms with Gasteiger partial charge in [0.2, 0.25) is 0 Å². The molecule has 1 amide bonds. The molecule has 1 aromatic carbocycles. The minimum Gasteiger partial charge on any atom is -0.507 e. The molecular formula is C27H27N3O7S. The summed E-state index contributed by atoms with van der Waals surface area (Å²) in [5.74, 6) is -1.79. The Kier molecular flexibility index (Phi) is 8.06. The van der Waals surface area contributed by atoms with Crippen molar-refractivity contribution in [1.29, 1.82) is 0 Å². The molecule has 198 valence electrons. The van der Waals surface area contributed by atoms with E-state index in [-0.39, 0.29) is 21.3 Å². The van der Waals surface area contributed by atoms with E-state index in [1.54, 1.807) is 25.1 Å². The van der Waals surface area contributed by atoms with Crippen molar-refractivity contribution in [2.24, 2.45) is 0 Å². The van der Waals surface area contributed by atoms with Crippen LogP contribution >= 0.6 is 11.3 Å². The highest BCUT2D eigenvalue weighted by atomic mass is 32.1. The van der Waals surface area contributed by atoms with Crippen molar-refractivity contribution in [2.45, 2.75) is 33.2 Å². The van der Waals surface area contributed by atoms with Gasteiger partial charge in [0.25, 0.3) is 5.78 Å². The average Bonchev–Trinajstić information content (AvgIpc) is 3.44. The van der Waals surface area contributed by atoms with Gasteiger partial charge < -0.3 is 19.3 Å². The van der Waals surface area contributed by atoms with Crippen molar-refractivity contribution in [1.82, 2.24) is 9.97 Å². The number of benzene rings is 1. The third-order valence-electron chi connectivity index (χ3n) is 5.81. The Hall–Kier alpha value is -4.25. The number of hydrogen-bond donors (Lipinski definition) is 1. The second kappa shape index (κ2) is 11.4. The molecule has 0 spiro atoms. The number of carbonyl (C=O) groups is 3. The smallest absolute Gasteiger partial charge is 0.350 e. The van der Waals surface area contributed by atoms with E-state index in [9.17, 15) is 19.5 Å². The number of Topliss-reactive ketones (excluding diaryl/α,β-unsaturated/α-hetero) is 1. The van der Waals surface area contributed by atoms with Gasteiger partial charge in [0.1, 0.15) is 10.6 Å². The van der Waals surface area contributed by atoms with Crippen molar-refractivity contribution in [3.05, 3.63) is 70.0 Å². The first-order valence-corrected chi connectivity index (χ1v) is 12.8. The number of methoxy groups -OCH3 is 1. The molecular weight excluding hydrogens is 510 g/mol. The molecule has 3 heterocycles. The van der Waals surface area contributed by atoms with Crippen molar-refractivity contribution in [3.63, 3.8) is 0 Å². The lowest BCUT2D eigenvalue weighted by atomic mass is 9.95. The van der Waals surface area contributed by atoms with Gasteiger partial charge in [-0.3, -0.25) is 19.5 Å². The van der Waals surface area contributed by atoms with Crippen molar-refractivity contribution >= 4 is 39.9 Å². The van der Waals surface area contributed by atoms with Gasteiger partial charge in [-0.1, -0.05) is 24.3 Å². The van der Waals surface area contributed by atoms with Crippen molar-refractivity contribution < 1.29 is 33.7 Å². The fourth-order valence-electron chi connectivity index (χ4n) is 4.07. The van der Waals surface area contributed by atoms with Crippen LogP contribution in [0.1, 0.15) is 52.8 Å². The second-order valence-electron chi connectivity index (χ2n) is 8.30. The van der Waals surface area contributed by atoms with E-state index >= 15 is 0 Å². The van der Waals surface area contributed by atoms with E-state index in [1.807, 2.05) is 13.8 Å². The van der Waals surface area contributed by atoms with Gasteiger partial charge in [0.05, 0.1) is 37.6 Å². The highest BCUT2D eigenvalue weighted by Crippen LogP contribution is 2.45. The standard InChI is InChI=1S/C27H27N3O7S/c1-5-13-37-18-8-7-17(14-19(18)36-6-2)21-20(22(31)16-9-11-28-12-10-16)23(32)25(33)30(21)27-29-15(3)24(38-27)26(34)35-4/h7-12,14,21,31H,5-6,13H2,1-4H3/b22-20+. The van der Waals surface area contributed by atoms with Gasteiger partial charge in [-0.25, -0.2) is 9.78 Å². The third kappa shape index (κ3) is 4.97. The SMILES string of the molecule is CCCOc1ccc(C2/C(=C(\O)c3ccncc3)C(=O)C(=O)N2c2nc(C)c(C(=O)OC)s2)cc1OCC. The van der Waals surface area contributed by atoms with E-state index in [2.05, 4.69) is 9.97 Å². The van der Waals surface area contributed by atoms with Crippen LogP contribution in [0.3, 0.4) is 0 Å². The first kappa shape index (κ1) is 26.8. The van der Waals surface area contributed by atoms with E-state index in [1.165, 1.54) is 36.5 Å². The molecule has 10 nitrogen and oxygen atoms in total. The maximum absolute atomic E-state index is 13.4. The predicted molar refractivity (Wildman–Crippen MR) is 141 cm³/mol. The lowest BCUT2D eigenvalue weighted by molar-refractivity contribution is -0.132.